The maximum absolute atomic E-state index is 13.3. The van der Waals surface area contributed by atoms with Crippen molar-refractivity contribution in [2.24, 2.45) is 5.73 Å². The van der Waals surface area contributed by atoms with Crippen molar-refractivity contribution in [3.63, 3.8) is 0 Å². The van der Waals surface area contributed by atoms with Crippen LogP contribution < -0.4 is 16.4 Å². The lowest BCUT2D eigenvalue weighted by Gasteiger charge is -2.10. The number of aromatic nitrogens is 7. The van der Waals surface area contributed by atoms with Gasteiger partial charge in [0.2, 0.25) is 23.6 Å². The van der Waals surface area contributed by atoms with Crippen molar-refractivity contribution in [1.29, 1.82) is 0 Å². The molecule has 6 rings (SSSR count). The summed E-state index contributed by atoms with van der Waals surface area (Å²) >= 11 is 0. The predicted molar refractivity (Wildman–Crippen MR) is 181 cm³/mol. The molecule has 0 aliphatic heterocycles. The average molecular weight is 649 g/mol. The number of carbonyl (C=O) groups excluding carboxylic acids is 3. The Kier molecular flexibility index (Phi) is 8.63. The number of para-hydroxylation sites is 2. The zero-order valence-electron chi connectivity index (χ0n) is 27.4. The van der Waals surface area contributed by atoms with E-state index in [1.54, 1.807) is 29.8 Å². The quantitative estimate of drug-likeness (QED) is 0.165. The Labute approximate surface area is 275 Å². The number of carbonyl (C=O) groups is 3. The molecular formula is C34H36N10O4. The highest BCUT2D eigenvalue weighted by molar-refractivity contribution is 6.04. The fourth-order valence-corrected chi connectivity index (χ4v) is 5.79. The summed E-state index contributed by atoms with van der Waals surface area (Å²) in [5.41, 5.74) is 11.2. The van der Waals surface area contributed by atoms with Crippen LogP contribution in [0.25, 0.3) is 22.1 Å². The van der Waals surface area contributed by atoms with E-state index in [1.807, 2.05) is 73.2 Å². The number of oxazole rings is 1. The Morgan fingerprint density at radius 3 is 2.29 bits per heavy atom. The summed E-state index contributed by atoms with van der Waals surface area (Å²) < 4.78 is 11.0. The minimum Gasteiger partial charge on any atom is -0.436 e. The van der Waals surface area contributed by atoms with Crippen molar-refractivity contribution in [1.82, 2.24) is 33.9 Å². The van der Waals surface area contributed by atoms with Crippen molar-refractivity contribution in [3.05, 3.63) is 94.5 Å². The number of aryl methyl sites for hydroxylation is 5. The number of hydrogen-bond acceptors (Lipinski definition) is 8. The number of nitrogens with two attached hydrogens (primary N) is 1. The number of anilines is 2. The molecule has 246 valence electrons. The smallest absolute Gasteiger partial charge is 0.295 e. The Hall–Kier alpha value is -6.05. The molecule has 0 fully saturated rings. The van der Waals surface area contributed by atoms with Crippen LogP contribution in [0.5, 0.6) is 0 Å². The molecular weight excluding hydrogens is 612 g/mol. The number of fused-ring (bicyclic) bond motifs is 2. The summed E-state index contributed by atoms with van der Waals surface area (Å²) in [5, 5.41) is 10.2. The largest absolute Gasteiger partial charge is 0.436 e. The Morgan fingerprint density at radius 2 is 1.56 bits per heavy atom. The van der Waals surface area contributed by atoms with E-state index in [0.29, 0.717) is 60.4 Å². The molecule has 0 saturated heterocycles. The van der Waals surface area contributed by atoms with Gasteiger partial charge in [-0.15, -0.1) is 0 Å². The maximum atomic E-state index is 13.3. The highest BCUT2D eigenvalue weighted by Crippen LogP contribution is 2.26. The lowest BCUT2D eigenvalue weighted by molar-refractivity contribution is 0.0987. The van der Waals surface area contributed by atoms with Crippen molar-refractivity contribution in [2.45, 2.75) is 60.7 Å². The number of imidazole rings is 2. The van der Waals surface area contributed by atoms with Crippen LogP contribution >= 0.6 is 0 Å². The molecule has 4 N–H and O–H groups in total. The molecule has 14 heteroatoms. The minimum atomic E-state index is -0.575. The Bertz CT molecular complexity index is 2230. The SMILES string of the molecule is CCc1nc(C)oc1C(=O)Nc1nc2cc(C(N)=O)cc(C)c2n1C/C=C/Cn1c(NC(=O)c2cc(C)nn2CC)nc2ccccc21. The second-order valence-corrected chi connectivity index (χ2v) is 11.3. The van der Waals surface area contributed by atoms with Gasteiger partial charge in [-0.25, -0.2) is 15.0 Å². The summed E-state index contributed by atoms with van der Waals surface area (Å²) in [4.78, 5) is 52.3. The molecule has 6 aromatic rings. The first-order valence-electron chi connectivity index (χ1n) is 15.6. The van der Waals surface area contributed by atoms with E-state index in [2.05, 4.69) is 30.7 Å². The number of primary amides is 1. The van der Waals surface area contributed by atoms with E-state index in [1.165, 1.54) is 0 Å². The molecule has 4 heterocycles. The molecule has 14 nitrogen and oxygen atoms in total. The van der Waals surface area contributed by atoms with Crippen molar-refractivity contribution in [2.75, 3.05) is 10.6 Å². The highest BCUT2D eigenvalue weighted by atomic mass is 16.4. The molecule has 0 atom stereocenters. The van der Waals surface area contributed by atoms with Crippen molar-refractivity contribution < 1.29 is 18.8 Å². The van der Waals surface area contributed by atoms with Gasteiger partial charge in [-0.1, -0.05) is 31.2 Å². The van der Waals surface area contributed by atoms with Gasteiger partial charge in [-0.3, -0.25) is 29.7 Å². The third-order valence-corrected chi connectivity index (χ3v) is 7.94. The van der Waals surface area contributed by atoms with Gasteiger partial charge >= 0.3 is 0 Å². The normalized spacial score (nSPS) is 11.6. The molecule has 0 radical (unpaired) electrons. The fourth-order valence-electron chi connectivity index (χ4n) is 5.79. The van der Waals surface area contributed by atoms with E-state index in [9.17, 15) is 14.4 Å². The van der Waals surface area contributed by atoms with E-state index in [4.69, 9.17) is 10.2 Å². The topological polar surface area (TPSA) is 181 Å². The molecule has 0 aliphatic carbocycles. The van der Waals surface area contributed by atoms with Gasteiger partial charge in [-0.05, 0) is 63.1 Å². The summed E-state index contributed by atoms with van der Waals surface area (Å²) in [6, 6.07) is 12.7. The third-order valence-electron chi connectivity index (χ3n) is 7.94. The molecule has 0 bridgehead atoms. The standard InChI is InChI=1S/C34H36N10O4/c1-6-23-29(48-21(5)36-23)32(47)40-34-38-25-18-22(30(35)45)16-19(3)28(25)43(34)15-11-10-14-42-26-13-9-8-12-24(26)37-33(42)39-31(46)27-17-20(4)41-44(27)7-2/h8-13,16-18H,6-7,14-15H2,1-5H3,(H2,35,45)(H,37,39,46)(H,38,40,47)/b11-10+. The number of amides is 3. The molecule has 0 aliphatic rings. The highest BCUT2D eigenvalue weighted by Gasteiger charge is 2.22. The second kappa shape index (κ2) is 13.0. The van der Waals surface area contributed by atoms with Gasteiger partial charge in [0.05, 0.1) is 33.5 Å². The molecule has 2 aromatic carbocycles. The van der Waals surface area contributed by atoms with E-state index in [0.717, 1.165) is 27.8 Å². The lowest BCUT2D eigenvalue weighted by atomic mass is 10.1. The van der Waals surface area contributed by atoms with Crippen LogP contribution in [0.3, 0.4) is 0 Å². The lowest BCUT2D eigenvalue weighted by Crippen LogP contribution is -2.19. The molecule has 4 aromatic heterocycles. The van der Waals surface area contributed by atoms with Gasteiger partial charge in [0, 0.05) is 32.1 Å². The fraction of sp³-hybridized carbons (Fsp3) is 0.265. The number of nitrogens with zero attached hydrogens (tertiary/aromatic N) is 7. The number of hydrogen-bond donors (Lipinski definition) is 3. The van der Waals surface area contributed by atoms with E-state index in [-0.39, 0.29) is 17.6 Å². The average Bonchev–Trinajstić information content (AvgIpc) is 3.81. The van der Waals surface area contributed by atoms with E-state index >= 15 is 0 Å². The zero-order chi connectivity index (χ0) is 34.1. The summed E-state index contributed by atoms with van der Waals surface area (Å²) in [6.07, 6.45) is 4.40. The summed E-state index contributed by atoms with van der Waals surface area (Å²) in [6.45, 7) is 10.5. The minimum absolute atomic E-state index is 0.123. The molecule has 48 heavy (non-hydrogen) atoms. The Balaban J connectivity index is 1.31. The number of allylic oxidation sites excluding steroid dienone is 2. The third kappa shape index (κ3) is 6.07. The van der Waals surface area contributed by atoms with Crippen LogP contribution in [0.4, 0.5) is 11.9 Å². The Morgan fingerprint density at radius 1 is 0.875 bits per heavy atom. The number of rotatable bonds is 11. The van der Waals surface area contributed by atoms with Crippen LogP contribution in [0.1, 0.15) is 68.1 Å². The molecule has 0 spiro atoms. The van der Waals surface area contributed by atoms with Crippen LogP contribution in [-0.4, -0.2) is 51.6 Å². The van der Waals surface area contributed by atoms with Crippen LogP contribution in [0.2, 0.25) is 0 Å². The van der Waals surface area contributed by atoms with Gasteiger partial charge in [0.25, 0.3) is 11.8 Å². The first-order chi connectivity index (χ1) is 23.1. The predicted octanol–water partition coefficient (Wildman–Crippen LogP) is 4.94. The van der Waals surface area contributed by atoms with Crippen LogP contribution in [0.15, 0.2) is 59.0 Å². The summed E-state index contributed by atoms with van der Waals surface area (Å²) in [7, 11) is 0. The first-order valence-corrected chi connectivity index (χ1v) is 15.6. The monoisotopic (exact) mass is 648 g/mol. The van der Waals surface area contributed by atoms with E-state index < -0.39 is 11.8 Å². The maximum Gasteiger partial charge on any atom is 0.295 e. The van der Waals surface area contributed by atoms with Gasteiger partial charge in [0.15, 0.2) is 5.89 Å². The summed E-state index contributed by atoms with van der Waals surface area (Å²) in [5.74, 6) is -0.175. The van der Waals surface area contributed by atoms with Crippen molar-refractivity contribution in [3.8, 4) is 0 Å². The molecule has 0 saturated carbocycles. The zero-order valence-corrected chi connectivity index (χ0v) is 27.4. The van der Waals surface area contributed by atoms with Crippen LogP contribution in [0, 0.1) is 20.8 Å². The van der Waals surface area contributed by atoms with Gasteiger partial charge in [0.1, 0.15) is 5.69 Å². The van der Waals surface area contributed by atoms with Gasteiger partial charge in [-0.2, -0.15) is 5.10 Å². The molecule has 0 unspecified atom stereocenters. The number of benzene rings is 2. The van der Waals surface area contributed by atoms with Crippen LogP contribution in [-0.2, 0) is 26.1 Å². The second-order valence-electron chi connectivity index (χ2n) is 11.3. The van der Waals surface area contributed by atoms with Gasteiger partial charge < -0.3 is 19.3 Å². The van der Waals surface area contributed by atoms with Crippen molar-refractivity contribution >= 4 is 51.7 Å². The number of nitrogens with one attached hydrogen (secondary N) is 2. The first kappa shape index (κ1) is 31.9. The molecule has 3 amide bonds.